The number of fused-ring (bicyclic) bond motifs is 1. The molecular weight excluding hydrogens is 378 g/mol. The summed E-state index contributed by atoms with van der Waals surface area (Å²) in [7, 11) is 3.52. The number of aromatic nitrogens is 2. The Labute approximate surface area is 177 Å². The predicted octanol–water partition coefficient (Wildman–Crippen LogP) is 2.12. The van der Waals surface area contributed by atoms with Crippen LogP contribution in [0.3, 0.4) is 0 Å². The van der Waals surface area contributed by atoms with Crippen molar-refractivity contribution >= 4 is 11.6 Å². The van der Waals surface area contributed by atoms with Crippen molar-refractivity contribution in [2.75, 3.05) is 46.9 Å². The largest absolute Gasteiger partial charge is 0.497 e. The molecule has 0 spiro atoms. The minimum Gasteiger partial charge on any atom is -0.497 e. The normalized spacial score (nSPS) is 15.4. The van der Waals surface area contributed by atoms with Gasteiger partial charge in [0.2, 0.25) is 5.91 Å². The Bertz CT molecular complexity index is 961. The van der Waals surface area contributed by atoms with Crippen molar-refractivity contribution in [2.45, 2.75) is 13.1 Å². The van der Waals surface area contributed by atoms with Crippen LogP contribution in [0.15, 0.2) is 54.9 Å². The van der Waals surface area contributed by atoms with Crippen LogP contribution in [-0.2, 0) is 17.9 Å². The number of rotatable bonds is 7. The van der Waals surface area contributed by atoms with Crippen molar-refractivity contribution in [1.82, 2.24) is 24.1 Å². The number of pyridine rings is 1. The van der Waals surface area contributed by atoms with Crippen LogP contribution in [0.2, 0.25) is 0 Å². The van der Waals surface area contributed by atoms with E-state index in [1.54, 1.807) is 12.0 Å². The van der Waals surface area contributed by atoms with Crippen molar-refractivity contribution in [3.63, 3.8) is 0 Å². The first-order chi connectivity index (χ1) is 14.6. The van der Waals surface area contributed by atoms with E-state index in [2.05, 4.69) is 25.4 Å². The van der Waals surface area contributed by atoms with Gasteiger partial charge in [-0.1, -0.05) is 18.2 Å². The molecule has 1 amide bonds. The van der Waals surface area contributed by atoms with E-state index in [0.29, 0.717) is 13.1 Å². The molecule has 3 aromatic rings. The summed E-state index contributed by atoms with van der Waals surface area (Å²) in [5.74, 6) is 0.960. The third kappa shape index (κ3) is 4.98. The highest BCUT2D eigenvalue weighted by Crippen LogP contribution is 2.14. The van der Waals surface area contributed by atoms with Gasteiger partial charge in [-0.05, 0) is 29.8 Å². The molecule has 158 valence electrons. The Morgan fingerprint density at radius 3 is 2.67 bits per heavy atom. The highest BCUT2D eigenvalue weighted by Gasteiger charge is 2.21. The number of hydrogen-bond acceptors (Lipinski definition) is 5. The lowest BCUT2D eigenvalue weighted by molar-refractivity contribution is -0.132. The highest BCUT2D eigenvalue weighted by atomic mass is 16.5. The fourth-order valence-corrected chi connectivity index (χ4v) is 3.84. The number of carbonyl (C=O) groups is 1. The van der Waals surface area contributed by atoms with Gasteiger partial charge in [-0.2, -0.15) is 0 Å². The molecule has 0 unspecified atom stereocenters. The summed E-state index contributed by atoms with van der Waals surface area (Å²) in [4.78, 5) is 23.8. The van der Waals surface area contributed by atoms with Crippen molar-refractivity contribution in [3.05, 3.63) is 66.1 Å². The van der Waals surface area contributed by atoms with E-state index in [9.17, 15) is 4.79 Å². The molecule has 0 N–H and O–H groups in total. The second kappa shape index (κ2) is 9.28. The lowest BCUT2D eigenvalue weighted by Gasteiger charge is -2.34. The Morgan fingerprint density at radius 1 is 1.10 bits per heavy atom. The Hall–Kier alpha value is -2.90. The first kappa shape index (κ1) is 20.4. The molecule has 7 nitrogen and oxygen atoms in total. The van der Waals surface area contributed by atoms with Crippen LogP contribution in [-0.4, -0.2) is 76.9 Å². The monoisotopic (exact) mass is 407 g/mol. The van der Waals surface area contributed by atoms with Crippen molar-refractivity contribution < 1.29 is 9.53 Å². The molecule has 7 heteroatoms. The SMILES string of the molecule is COc1cccc(CN(C)C(=O)CN2CCN(Cc3cn4ccccc4n3)CC2)c1. The molecule has 1 aliphatic rings. The maximum atomic E-state index is 12.7. The lowest BCUT2D eigenvalue weighted by Crippen LogP contribution is -2.49. The van der Waals surface area contributed by atoms with Gasteiger partial charge < -0.3 is 14.0 Å². The molecule has 1 fully saturated rings. The number of likely N-dealkylation sites (N-methyl/N-ethyl adjacent to an activating group) is 1. The van der Waals surface area contributed by atoms with Gasteiger partial charge >= 0.3 is 0 Å². The number of amides is 1. The number of imidazole rings is 1. The first-order valence-electron chi connectivity index (χ1n) is 10.3. The molecule has 1 aromatic carbocycles. The van der Waals surface area contributed by atoms with Gasteiger partial charge in [-0.15, -0.1) is 0 Å². The van der Waals surface area contributed by atoms with Crippen LogP contribution in [0.4, 0.5) is 0 Å². The standard InChI is InChI=1S/C23H29N5O2/c1-25(15-19-6-5-7-21(14-19)30-2)23(29)18-27-12-10-26(11-13-27)16-20-17-28-9-4-3-8-22(28)24-20/h3-9,14,17H,10-13,15-16,18H2,1-2H3. The first-order valence-corrected chi connectivity index (χ1v) is 10.3. The summed E-state index contributed by atoms with van der Waals surface area (Å²) in [6, 6.07) is 13.9. The van der Waals surface area contributed by atoms with Crippen LogP contribution in [0, 0.1) is 0 Å². The molecule has 1 aliphatic heterocycles. The summed E-state index contributed by atoms with van der Waals surface area (Å²) >= 11 is 0. The zero-order valence-electron chi connectivity index (χ0n) is 17.7. The highest BCUT2D eigenvalue weighted by molar-refractivity contribution is 5.78. The van der Waals surface area contributed by atoms with Crippen molar-refractivity contribution in [2.24, 2.45) is 0 Å². The van der Waals surface area contributed by atoms with Crippen molar-refractivity contribution in [3.8, 4) is 5.75 Å². The topological polar surface area (TPSA) is 53.3 Å². The third-order valence-electron chi connectivity index (χ3n) is 5.60. The van der Waals surface area contributed by atoms with E-state index in [1.807, 2.05) is 55.7 Å². The third-order valence-corrected chi connectivity index (χ3v) is 5.60. The molecule has 3 heterocycles. The predicted molar refractivity (Wildman–Crippen MR) is 116 cm³/mol. The fraction of sp³-hybridized carbons (Fsp3) is 0.391. The smallest absolute Gasteiger partial charge is 0.236 e. The van der Waals surface area contributed by atoms with E-state index < -0.39 is 0 Å². The molecule has 1 saturated heterocycles. The number of benzene rings is 1. The van der Waals surface area contributed by atoms with E-state index in [1.165, 1.54) is 0 Å². The van der Waals surface area contributed by atoms with Gasteiger partial charge in [-0.25, -0.2) is 4.98 Å². The van der Waals surface area contributed by atoms with Gasteiger partial charge in [-0.3, -0.25) is 14.6 Å². The van der Waals surface area contributed by atoms with Crippen molar-refractivity contribution in [1.29, 1.82) is 0 Å². The summed E-state index contributed by atoms with van der Waals surface area (Å²) < 4.78 is 7.32. The molecule has 30 heavy (non-hydrogen) atoms. The summed E-state index contributed by atoms with van der Waals surface area (Å²) in [5.41, 5.74) is 3.14. The molecular formula is C23H29N5O2. The van der Waals surface area contributed by atoms with E-state index in [0.717, 1.165) is 55.4 Å². The molecule has 0 atom stereocenters. The number of nitrogens with zero attached hydrogens (tertiary/aromatic N) is 5. The molecule has 2 aromatic heterocycles. The number of ether oxygens (including phenoxy) is 1. The molecule has 0 radical (unpaired) electrons. The van der Waals surface area contributed by atoms with Gasteiger partial charge in [0.05, 0.1) is 19.3 Å². The van der Waals surface area contributed by atoms with E-state index in [4.69, 9.17) is 4.74 Å². The lowest BCUT2D eigenvalue weighted by atomic mass is 10.2. The minimum atomic E-state index is 0.145. The van der Waals surface area contributed by atoms with Gasteiger partial charge in [0.15, 0.2) is 0 Å². The average molecular weight is 408 g/mol. The number of carbonyl (C=O) groups excluding carboxylic acids is 1. The maximum Gasteiger partial charge on any atom is 0.236 e. The Kier molecular flexibility index (Phi) is 6.30. The second-order valence-corrected chi connectivity index (χ2v) is 7.85. The molecule has 0 saturated carbocycles. The van der Waals surface area contributed by atoms with Crippen LogP contribution in [0.25, 0.3) is 5.65 Å². The quantitative estimate of drug-likeness (QED) is 0.601. The number of piperazine rings is 1. The molecule has 0 bridgehead atoms. The minimum absolute atomic E-state index is 0.145. The molecule has 4 rings (SSSR count). The van der Waals surface area contributed by atoms with Crippen LogP contribution in [0.1, 0.15) is 11.3 Å². The van der Waals surface area contributed by atoms with Gasteiger partial charge in [0.1, 0.15) is 11.4 Å². The van der Waals surface area contributed by atoms with Crippen LogP contribution < -0.4 is 4.74 Å². The molecule has 0 aliphatic carbocycles. The van der Waals surface area contributed by atoms with Crippen LogP contribution >= 0.6 is 0 Å². The second-order valence-electron chi connectivity index (χ2n) is 7.85. The average Bonchev–Trinajstić information content (AvgIpc) is 3.17. The Morgan fingerprint density at radius 2 is 1.90 bits per heavy atom. The number of methoxy groups -OCH3 is 1. The zero-order chi connectivity index (χ0) is 20.9. The Balaban J connectivity index is 1.24. The van der Waals surface area contributed by atoms with Gasteiger partial charge in [0.25, 0.3) is 0 Å². The van der Waals surface area contributed by atoms with Gasteiger partial charge in [0, 0.05) is 58.7 Å². The fourth-order valence-electron chi connectivity index (χ4n) is 3.84. The van der Waals surface area contributed by atoms with E-state index in [-0.39, 0.29) is 5.91 Å². The van der Waals surface area contributed by atoms with Crippen LogP contribution in [0.5, 0.6) is 5.75 Å². The number of hydrogen-bond donors (Lipinski definition) is 0. The zero-order valence-corrected chi connectivity index (χ0v) is 17.7. The summed E-state index contributed by atoms with van der Waals surface area (Å²) in [6.45, 7) is 5.57. The summed E-state index contributed by atoms with van der Waals surface area (Å²) in [5, 5.41) is 0. The van der Waals surface area contributed by atoms with E-state index >= 15 is 0 Å². The summed E-state index contributed by atoms with van der Waals surface area (Å²) in [6.07, 6.45) is 4.12. The maximum absolute atomic E-state index is 12.7.